The summed E-state index contributed by atoms with van der Waals surface area (Å²) in [4.78, 5) is 4.19. The van der Waals surface area contributed by atoms with Gasteiger partial charge in [0.15, 0.2) is 0 Å². The first-order valence-corrected chi connectivity index (χ1v) is 5.63. The molecule has 1 N–H and O–H groups in total. The number of halogens is 1. The van der Waals surface area contributed by atoms with E-state index >= 15 is 0 Å². The number of aromatic nitrogens is 1. The van der Waals surface area contributed by atoms with Crippen LogP contribution in [0.15, 0.2) is 29.8 Å². The molecule has 0 amide bonds. The van der Waals surface area contributed by atoms with E-state index in [1.165, 1.54) is 17.4 Å². The van der Waals surface area contributed by atoms with Gasteiger partial charge in [-0.25, -0.2) is 9.37 Å². The Bertz CT molecular complexity index is 453. The Labute approximate surface area is 91.8 Å². The van der Waals surface area contributed by atoms with Crippen LogP contribution >= 0.6 is 11.3 Å². The lowest BCUT2D eigenvalue weighted by molar-refractivity contribution is 0.632. The maximum atomic E-state index is 13.3. The molecule has 15 heavy (non-hydrogen) atoms. The van der Waals surface area contributed by atoms with Crippen molar-refractivity contribution in [2.45, 2.75) is 13.3 Å². The van der Waals surface area contributed by atoms with Gasteiger partial charge in [-0.05, 0) is 18.6 Å². The van der Waals surface area contributed by atoms with Gasteiger partial charge in [0.25, 0.3) is 0 Å². The molecule has 0 bridgehead atoms. The number of nitrogens with one attached hydrogen (secondary N) is 1. The molecule has 2 nitrogen and oxygen atoms in total. The zero-order valence-corrected chi connectivity index (χ0v) is 9.14. The average Bonchev–Trinajstić information content (AvgIpc) is 2.69. The molecular formula is C11H11FN2S. The number of para-hydroxylation sites is 1. The van der Waals surface area contributed by atoms with Gasteiger partial charge in [-0.15, -0.1) is 11.3 Å². The third-order valence-corrected chi connectivity index (χ3v) is 2.88. The molecule has 4 heteroatoms. The molecule has 2 aromatic rings. The normalized spacial score (nSPS) is 10.3. The summed E-state index contributed by atoms with van der Waals surface area (Å²) in [5.74, 6) is -0.243. The molecule has 0 radical (unpaired) electrons. The predicted octanol–water partition coefficient (Wildman–Crippen LogP) is 3.59. The Balaban J connectivity index is 2.26. The number of nitrogens with zero attached hydrogens (tertiary/aromatic N) is 1. The molecule has 0 spiro atoms. The van der Waals surface area contributed by atoms with Crippen LogP contribution in [0.5, 0.6) is 0 Å². The summed E-state index contributed by atoms with van der Waals surface area (Å²) < 4.78 is 13.3. The molecule has 0 aliphatic rings. The van der Waals surface area contributed by atoms with Crippen molar-refractivity contribution < 1.29 is 4.39 Å². The van der Waals surface area contributed by atoms with Crippen molar-refractivity contribution in [2.75, 3.05) is 5.32 Å². The fourth-order valence-corrected chi connectivity index (χ4v) is 2.09. The van der Waals surface area contributed by atoms with Gasteiger partial charge < -0.3 is 5.32 Å². The molecule has 0 saturated carbocycles. The highest BCUT2D eigenvalue weighted by Crippen LogP contribution is 2.26. The predicted molar refractivity (Wildman–Crippen MR) is 61.2 cm³/mol. The third kappa shape index (κ3) is 2.15. The maximum absolute atomic E-state index is 13.3. The van der Waals surface area contributed by atoms with Gasteiger partial charge in [0.05, 0.1) is 16.9 Å². The molecule has 0 saturated heterocycles. The monoisotopic (exact) mass is 222 g/mol. The van der Waals surface area contributed by atoms with E-state index in [2.05, 4.69) is 10.3 Å². The summed E-state index contributed by atoms with van der Waals surface area (Å²) in [7, 11) is 0. The second kappa shape index (κ2) is 4.40. The summed E-state index contributed by atoms with van der Waals surface area (Å²) in [6.45, 7) is 2.03. The van der Waals surface area contributed by atoms with Gasteiger partial charge >= 0.3 is 0 Å². The van der Waals surface area contributed by atoms with Crippen LogP contribution < -0.4 is 5.32 Å². The second-order valence-corrected chi connectivity index (χ2v) is 3.94. The first-order valence-electron chi connectivity index (χ1n) is 4.75. The molecule has 1 aromatic carbocycles. The lowest BCUT2D eigenvalue weighted by Gasteiger charge is -2.05. The van der Waals surface area contributed by atoms with E-state index in [9.17, 15) is 4.39 Å². The Hall–Kier alpha value is -1.42. The van der Waals surface area contributed by atoms with Crippen molar-refractivity contribution in [3.63, 3.8) is 0 Å². The highest BCUT2D eigenvalue weighted by atomic mass is 32.1. The molecular weight excluding hydrogens is 211 g/mol. The summed E-state index contributed by atoms with van der Waals surface area (Å²) in [5, 5.41) is 3.97. The van der Waals surface area contributed by atoms with Crippen LogP contribution in [0.4, 0.5) is 15.1 Å². The van der Waals surface area contributed by atoms with Crippen LogP contribution in [0.3, 0.4) is 0 Å². The standard InChI is InChI=1S/C11H11FN2S/c1-2-9-11(15-7-13-9)14-10-6-4-3-5-8(10)12/h3-7,14H,2H2,1H3. The van der Waals surface area contributed by atoms with Gasteiger partial charge in [-0.3, -0.25) is 0 Å². The zero-order valence-electron chi connectivity index (χ0n) is 8.33. The smallest absolute Gasteiger partial charge is 0.146 e. The fourth-order valence-electron chi connectivity index (χ4n) is 1.31. The quantitative estimate of drug-likeness (QED) is 0.858. The Morgan fingerprint density at radius 2 is 2.20 bits per heavy atom. The fraction of sp³-hybridized carbons (Fsp3) is 0.182. The van der Waals surface area contributed by atoms with Crippen molar-refractivity contribution >= 4 is 22.0 Å². The number of rotatable bonds is 3. The first-order chi connectivity index (χ1) is 7.31. The Kier molecular flexibility index (Phi) is 2.97. The van der Waals surface area contributed by atoms with Gasteiger partial charge in [-0.1, -0.05) is 19.1 Å². The molecule has 1 aromatic heterocycles. The van der Waals surface area contributed by atoms with E-state index in [1.807, 2.05) is 6.92 Å². The highest BCUT2D eigenvalue weighted by Gasteiger charge is 2.06. The number of hydrogen-bond acceptors (Lipinski definition) is 3. The Morgan fingerprint density at radius 1 is 1.40 bits per heavy atom. The van der Waals surface area contributed by atoms with Crippen LogP contribution in [-0.4, -0.2) is 4.98 Å². The minimum absolute atomic E-state index is 0.243. The number of thiazole rings is 1. The van der Waals surface area contributed by atoms with E-state index in [0.717, 1.165) is 17.1 Å². The maximum Gasteiger partial charge on any atom is 0.146 e. The topological polar surface area (TPSA) is 24.9 Å². The van der Waals surface area contributed by atoms with Crippen LogP contribution in [0, 0.1) is 5.82 Å². The zero-order chi connectivity index (χ0) is 10.7. The molecule has 78 valence electrons. The SMILES string of the molecule is CCc1ncsc1Nc1ccccc1F. The van der Waals surface area contributed by atoms with Gasteiger partial charge in [0, 0.05) is 0 Å². The van der Waals surface area contributed by atoms with Crippen molar-refractivity contribution in [1.29, 1.82) is 0 Å². The van der Waals surface area contributed by atoms with Crippen molar-refractivity contribution in [3.05, 3.63) is 41.3 Å². The van der Waals surface area contributed by atoms with Gasteiger partial charge in [0.1, 0.15) is 10.8 Å². The van der Waals surface area contributed by atoms with E-state index in [1.54, 1.807) is 23.7 Å². The molecule has 0 aliphatic heterocycles. The largest absolute Gasteiger partial charge is 0.343 e. The number of aryl methyl sites for hydroxylation is 1. The first kappa shape index (κ1) is 10.1. The lowest BCUT2D eigenvalue weighted by atomic mass is 10.3. The molecule has 0 unspecified atom stereocenters. The molecule has 0 atom stereocenters. The van der Waals surface area contributed by atoms with E-state index < -0.39 is 0 Å². The van der Waals surface area contributed by atoms with E-state index in [0.29, 0.717) is 5.69 Å². The lowest BCUT2D eigenvalue weighted by Crippen LogP contribution is -1.94. The molecule has 0 aliphatic carbocycles. The summed E-state index contributed by atoms with van der Waals surface area (Å²) in [5.41, 5.74) is 3.24. The third-order valence-electron chi connectivity index (χ3n) is 2.10. The van der Waals surface area contributed by atoms with Crippen LogP contribution in [0.25, 0.3) is 0 Å². The number of anilines is 2. The molecule has 2 rings (SSSR count). The summed E-state index contributed by atoms with van der Waals surface area (Å²) >= 11 is 1.49. The van der Waals surface area contributed by atoms with Crippen molar-refractivity contribution in [2.24, 2.45) is 0 Å². The number of hydrogen-bond donors (Lipinski definition) is 1. The number of benzene rings is 1. The van der Waals surface area contributed by atoms with Crippen LogP contribution in [0.2, 0.25) is 0 Å². The van der Waals surface area contributed by atoms with Crippen molar-refractivity contribution in [3.8, 4) is 0 Å². The van der Waals surface area contributed by atoms with E-state index in [4.69, 9.17) is 0 Å². The van der Waals surface area contributed by atoms with Crippen molar-refractivity contribution in [1.82, 2.24) is 4.98 Å². The van der Waals surface area contributed by atoms with E-state index in [-0.39, 0.29) is 5.82 Å². The summed E-state index contributed by atoms with van der Waals surface area (Å²) in [6.07, 6.45) is 0.848. The highest BCUT2D eigenvalue weighted by molar-refractivity contribution is 7.14. The minimum Gasteiger partial charge on any atom is -0.343 e. The Morgan fingerprint density at radius 3 is 2.93 bits per heavy atom. The molecule has 0 fully saturated rings. The van der Waals surface area contributed by atoms with Crippen LogP contribution in [-0.2, 0) is 6.42 Å². The molecule has 1 heterocycles. The second-order valence-electron chi connectivity index (χ2n) is 3.09. The van der Waals surface area contributed by atoms with Gasteiger partial charge in [0.2, 0.25) is 0 Å². The average molecular weight is 222 g/mol. The summed E-state index contributed by atoms with van der Waals surface area (Å²) in [6, 6.07) is 6.63. The minimum atomic E-state index is -0.243. The van der Waals surface area contributed by atoms with Gasteiger partial charge in [-0.2, -0.15) is 0 Å². The van der Waals surface area contributed by atoms with Crippen LogP contribution in [0.1, 0.15) is 12.6 Å².